The Morgan fingerprint density at radius 1 is 1.00 bits per heavy atom. The van der Waals surface area contributed by atoms with Crippen molar-refractivity contribution >= 4 is 43.8 Å². The van der Waals surface area contributed by atoms with Crippen LogP contribution in [0.4, 0.5) is 22.6 Å². The van der Waals surface area contributed by atoms with E-state index >= 15 is 0 Å². The Morgan fingerprint density at radius 2 is 1.72 bits per heavy atom. The SMILES string of the molecule is Cc1cnc(Nc2nc(Nc3ccc(S(C)(=O)=O)cc3)ncc2C)s1. The highest BCUT2D eigenvalue weighted by atomic mass is 32.2. The lowest BCUT2D eigenvalue weighted by atomic mass is 10.3. The van der Waals surface area contributed by atoms with Crippen molar-refractivity contribution in [1.82, 2.24) is 15.0 Å². The Balaban J connectivity index is 1.80. The average molecular weight is 375 g/mol. The van der Waals surface area contributed by atoms with E-state index in [1.165, 1.54) is 6.26 Å². The molecule has 0 aliphatic heterocycles. The Bertz CT molecular complexity index is 998. The van der Waals surface area contributed by atoms with Crippen LogP contribution < -0.4 is 10.6 Å². The van der Waals surface area contributed by atoms with Gasteiger partial charge in [-0.25, -0.2) is 18.4 Å². The maximum atomic E-state index is 11.5. The van der Waals surface area contributed by atoms with Crippen LogP contribution in [-0.2, 0) is 9.84 Å². The largest absolute Gasteiger partial charge is 0.324 e. The van der Waals surface area contributed by atoms with Gasteiger partial charge in [0.2, 0.25) is 5.95 Å². The number of sulfone groups is 1. The zero-order chi connectivity index (χ0) is 18.0. The summed E-state index contributed by atoms with van der Waals surface area (Å²) in [4.78, 5) is 14.4. The van der Waals surface area contributed by atoms with E-state index in [0.717, 1.165) is 15.6 Å². The number of hydrogen-bond donors (Lipinski definition) is 2. The molecule has 0 amide bonds. The van der Waals surface area contributed by atoms with Crippen molar-refractivity contribution in [2.24, 2.45) is 0 Å². The second kappa shape index (κ2) is 6.77. The summed E-state index contributed by atoms with van der Waals surface area (Å²) >= 11 is 1.55. The lowest BCUT2D eigenvalue weighted by molar-refractivity contribution is 0.602. The van der Waals surface area contributed by atoms with Crippen molar-refractivity contribution in [3.63, 3.8) is 0 Å². The molecule has 0 aliphatic rings. The summed E-state index contributed by atoms with van der Waals surface area (Å²) in [6.45, 7) is 3.90. The van der Waals surface area contributed by atoms with Crippen LogP contribution in [0.2, 0.25) is 0 Å². The normalized spacial score (nSPS) is 11.3. The number of thiazole rings is 1. The molecule has 1 aromatic carbocycles. The van der Waals surface area contributed by atoms with Gasteiger partial charge in [0.1, 0.15) is 5.82 Å². The third-order valence-electron chi connectivity index (χ3n) is 3.36. The number of nitrogens with zero attached hydrogens (tertiary/aromatic N) is 3. The first-order chi connectivity index (χ1) is 11.8. The minimum atomic E-state index is -3.21. The Morgan fingerprint density at radius 3 is 2.32 bits per heavy atom. The standard InChI is InChI=1S/C16H17N5O2S2/c1-10-8-17-15(20-14(10)21-16-18-9-11(2)24-16)19-12-4-6-13(7-5-12)25(3,22)23/h4-9H,1-3H3,(H2,17,18,19,20,21). The third-order valence-corrected chi connectivity index (χ3v) is 5.31. The first-order valence-corrected chi connectivity index (χ1v) is 10.1. The van der Waals surface area contributed by atoms with Gasteiger partial charge < -0.3 is 10.6 Å². The van der Waals surface area contributed by atoms with Crippen LogP contribution in [0.25, 0.3) is 0 Å². The van der Waals surface area contributed by atoms with Crippen LogP contribution in [0.5, 0.6) is 0 Å². The van der Waals surface area contributed by atoms with Crippen LogP contribution >= 0.6 is 11.3 Å². The van der Waals surface area contributed by atoms with Gasteiger partial charge in [-0.15, -0.1) is 11.3 Å². The molecule has 0 atom stereocenters. The number of aryl methyl sites for hydroxylation is 2. The van der Waals surface area contributed by atoms with E-state index in [-0.39, 0.29) is 4.90 Å². The molecule has 25 heavy (non-hydrogen) atoms. The average Bonchev–Trinajstić information content (AvgIpc) is 2.95. The molecule has 0 spiro atoms. The molecule has 3 rings (SSSR count). The first kappa shape index (κ1) is 17.3. The summed E-state index contributed by atoms with van der Waals surface area (Å²) < 4.78 is 23.0. The highest BCUT2D eigenvalue weighted by molar-refractivity contribution is 7.90. The zero-order valence-corrected chi connectivity index (χ0v) is 15.6. The second-order valence-corrected chi connectivity index (χ2v) is 8.80. The summed E-state index contributed by atoms with van der Waals surface area (Å²) in [5.74, 6) is 1.08. The molecule has 2 heterocycles. The lowest BCUT2D eigenvalue weighted by Gasteiger charge is -2.09. The van der Waals surface area contributed by atoms with E-state index in [1.807, 2.05) is 13.8 Å². The molecule has 0 bridgehead atoms. The van der Waals surface area contributed by atoms with Gasteiger partial charge in [0.15, 0.2) is 15.0 Å². The molecule has 2 aromatic heterocycles. The van der Waals surface area contributed by atoms with Gasteiger partial charge in [0, 0.05) is 34.8 Å². The molecule has 3 aromatic rings. The van der Waals surface area contributed by atoms with Gasteiger partial charge in [-0.3, -0.25) is 0 Å². The van der Waals surface area contributed by atoms with Crippen molar-refractivity contribution in [3.05, 3.63) is 47.1 Å². The number of hydrogen-bond acceptors (Lipinski definition) is 8. The van der Waals surface area contributed by atoms with Crippen LogP contribution in [0.1, 0.15) is 10.4 Å². The number of aromatic nitrogens is 3. The Labute approximate surface area is 150 Å². The zero-order valence-electron chi connectivity index (χ0n) is 13.9. The van der Waals surface area contributed by atoms with Gasteiger partial charge in [-0.2, -0.15) is 4.98 Å². The van der Waals surface area contributed by atoms with Crippen molar-refractivity contribution in [2.75, 3.05) is 16.9 Å². The van der Waals surface area contributed by atoms with Crippen molar-refractivity contribution in [3.8, 4) is 0 Å². The summed E-state index contributed by atoms with van der Waals surface area (Å²) in [7, 11) is -3.21. The number of anilines is 4. The fourth-order valence-electron chi connectivity index (χ4n) is 2.06. The van der Waals surface area contributed by atoms with Crippen LogP contribution in [0.3, 0.4) is 0 Å². The third kappa shape index (κ3) is 4.31. The fraction of sp³-hybridized carbons (Fsp3) is 0.188. The molecule has 9 heteroatoms. The molecule has 0 unspecified atom stereocenters. The van der Waals surface area contributed by atoms with Crippen molar-refractivity contribution in [2.45, 2.75) is 18.7 Å². The van der Waals surface area contributed by atoms with Gasteiger partial charge in [-0.05, 0) is 38.1 Å². The van der Waals surface area contributed by atoms with Gasteiger partial charge >= 0.3 is 0 Å². The van der Waals surface area contributed by atoms with E-state index in [9.17, 15) is 8.42 Å². The van der Waals surface area contributed by atoms with Gasteiger partial charge in [-0.1, -0.05) is 0 Å². The minimum Gasteiger partial charge on any atom is -0.324 e. The minimum absolute atomic E-state index is 0.268. The number of nitrogens with one attached hydrogen (secondary N) is 2. The first-order valence-electron chi connectivity index (χ1n) is 7.41. The molecule has 0 saturated heterocycles. The van der Waals surface area contributed by atoms with E-state index < -0.39 is 9.84 Å². The van der Waals surface area contributed by atoms with E-state index in [4.69, 9.17) is 0 Å². The van der Waals surface area contributed by atoms with Gasteiger partial charge in [0.25, 0.3) is 0 Å². The fourth-order valence-corrected chi connectivity index (χ4v) is 3.35. The molecular weight excluding hydrogens is 358 g/mol. The molecule has 0 radical (unpaired) electrons. The van der Waals surface area contributed by atoms with Crippen molar-refractivity contribution in [1.29, 1.82) is 0 Å². The highest BCUT2D eigenvalue weighted by Crippen LogP contribution is 2.24. The predicted octanol–water partition coefficient (Wildman–Crippen LogP) is 3.44. The summed E-state index contributed by atoms with van der Waals surface area (Å²) in [5.41, 5.74) is 1.60. The summed E-state index contributed by atoms with van der Waals surface area (Å²) in [6.07, 6.45) is 4.69. The quantitative estimate of drug-likeness (QED) is 0.705. The van der Waals surface area contributed by atoms with Crippen LogP contribution in [0, 0.1) is 13.8 Å². The number of benzene rings is 1. The Hall–Kier alpha value is -2.52. The lowest BCUT2D eigenvalue weighted by Crippen LogP contribution is -2.03. The van der Waals surface area contributed by atoms with Crippen LogP contribution in [-0.4, -0.2) is 29.6 Å². The molecule has 0 fully saturated rings. The Kier molecular flexibility index (Phi) is 4.69. The topological polar surface area (TPSA) is 96.9 Å². The van der Waals surface area contributed by atoms with E-state index in [0.29, 0.717) is 17.5 Å². The predicted molar refractivity (Wildman–Crippen MR) is 99.7 cm³/mol. The monoisotopic (exact) mass is 375 g/mol. The molecule has 0 saturated carbocycles. The molecule has 0 aliphatic carbocycles. The maximum Gasteiger partial charge on any atom is 0.229 e. The molecule has 7 nitrogen and oxygen atoms in total. The van der Waals surface area contributed by atoms with Crippen molar-refractivity contribution < 1.29 is 8.42 Å². The van der Waals surface area contributed by atoms with E-state index in [2.05, 4.69) is 25.6 Å². The number of rotatable bonds is 5. The van der Waals surface area contributed by atoms with E-state index in [1.54, 1.807) is 48.0 Å². The highest BCUT2D eigenvalue weighted by Gasteiger charge is 2.09. The molecule has 130 valence electrons. The van der Waals surface area contributed by atoms with Crippen LogP contribution in [0.15, 0.2) is 41.6 Å². The summed E-state index contributed by atoms with van der Waals surface area (Å²) in [5, 5.41) is 7.02. The smallest absolute Gasteiger partial charge is 0.229 e. The molecule has 2 N–H and O–H groups in total. The molecular formula is C16H17N5O2S2. The second-order valence-electron chi connectivity index (χ2n) is 5.55. The maximum absolute atomic E-state index is 11.5. The summed E-state index contributed by atoms with van der Waals surface area (Å²) in [6, 6.07) is 6.44. The van der Waals surface area contributed by atoms with Gasteiger partial charge in [0.05, 0.1) is 4.90 Å².